The predicted molar refractivity (Wildman–Crippen MR) is 105 cm³/mol. The largest absolute Gasteiger partial charge is 0.344 e. The number of aromatic nitrogens is 2. The Morgan fingerprint density at radius 2 is 2.12 bits per heavy atom. The molecule has 2 rings (SSSR count). The Balaban J connectivity index is 0.00000338. The summed E-state index contributed by atoms with van der Waals surface area (Å²) in [6, 6.07) is 8.28. The van der Waals surface area contributed by atoms with Gasteiger partial charge in [0.1, 0.15) is 5.82 Å². The highest BCUT2D eigenvalue weighted by Gasteiger charge is 2.29. The number of aryl methyl sites for hydroxylation is 1. The number of hydrogen-bond acceptors (Lipinski definition) is 3. The Morgan fingerprint density at radius 1 is 1.38 bits per heavy atom. The fourth-order valence-electron chi connectivity index (χ4n) is 2.96. The molecule has 1 aromatic heterocycles. The lowest BCUT2D eigenvalue weighted by molar-refractivity contribution is -0.135. The van der Waals surface area contributed by atoms with Crippen molar-refractivity contribution in [1.82, 2.24) is 15.1 Å². The molecular formula is C19H28ClFN4O. The van der Waals surface area contributed by atoms with E-state index in [2.05, 4.69) is 10.2 Å². The van der Waals surface area contributed by atoms with Crippen molar-refractivity contribution >= 4 is 18.3 Å². The summed E-state index contributed by atoms with van der Waals surface area (Å²) in [5, 5.41) is 7.21. The van der Waals surface area contributed by atoms with E-state index in [1.54, 1.807) is 24.9 Å². The lowest BCUT2D eigenvalue weighted by Gasteiger charge is -2.29. The summed E-state index contributed by atoms with van der Waals surface area (Å²) < 4.78 is 13.3. The summed E-state index contributed by atoms with van der Waals surface area (Å²) in [7, 11) is 1.79. The number of nitrogens with zero attached hydrogens (tertiary/aromatic N) is 2. The average molecular weight is 383 g/mol. The van der Waals surface area contributed by atoms with E-state index in [0.717, 1.165) is 36.2 Å². The van der Waals surface area contributed by atoms with Gasteiger partial charge in [0, 0.05) is 24.8 Å². The number of halogens is 2. The molecule has 0 saturated heterocycles. The Kier molecular flexibility index (Phi) is 8.24. The number of carbonyl (C=O) groups excluding carboxylic acids is 1. The van der Waals surface area contributed by atoms with Crippen molar-refractivity contribution in [1.29, 1.82) is 0 Å². The number of H-pyrrole nitrogens is 1. The fourth-order valence-corrected chi connectivity index (χ4v) is 2.96. The number of carbonyl (C=O) groups is 1. The zero-order chi connectivity index (χ0) is 18.4. The Labute approximate surface area is 160 Å². The molecule has 1 heterocycles. The summed E-state index contributed by atoms with van der Waals surface area (Å²) in [6.45, 7) is 4.44. The molecular weight excluding hydrogens is 355 g/mol. The third-order valence-electron chi connectivity index (χ3n) is 4.30. The second-order valence-corrected chi connectivity index (χ2v) is 6.79. The standard InChI is InChI=1S/C19H27FN4O.ClH/c1-4-10-19(2,21)18(25)24(3)11-6-9-16-13-17(23-22-16)14-7-5-8-15(20)12-14;/h5,7-8,12-13H,4,6,9-11,21H2,1-3H3,(H,22,23);1H. The highest BCUT2D eigenvalue weighted by atomic mass is 35.5. The Hall–Kier alpha value is -1.92. The molecule has 0 aliphatic heterocycles. The number of rotatable bonds is 8. The van der Waals surface area contributed by atoms with Crippen molar-refractivity contribution < 1.29 is 9.18 Å². The van der Waals surface area contributed by atoms with Gasteiger partial charge in [0.05, 0.1) is 11.2 Å². The van der Waals surface area contributed by atoms with Gasteiger partial charge in [-0.2, -0.15) is 5.10 Å². The minimum Gasteiger partial charge on any atom is -0.344 e. The van der Waals surface area contributed by atoms with Crippen LogP contribution in [0.5, 0.6) is 0 Å². The first-order valence-corrected chi connectivity index (χ1v) is 8.68. The summed E-state index contributed by atoms with van der Waals surface area (Å²) >= 11 is 0. The minimum atomic E-state index is -0.804. The quantitative estimate of drug-likeness (QED) is 0.733. The van der Waals surface area contributed by atoms with Gasteiger partial charge in [0.15, 0.2) is 0 Å². The lowest BCUT2D eigenvalue weighted by atomic mass is 9.96. The highest BCUT2D eigenvalue weighted by molar-refractivity contribution is 5.85. The number of nitrogens with two attached hydrogens (primary N) is 1. The molecule has 0 radical (unpaired) electrons. The van der Waals surface area contributed by atoms with Crippen LogP contribution < -0.4 is 5.73 Å². The number of benzene rings is 1. The van der Waals surface area contributed by atoms with Crippen molar-refractivity contribution in [3.05, 3.63) is 41.8 Å². The molecule has 0 bridgehead atoms. The predicted octanol–water partition coefficient (Wildman–Crippen LogP) is 3.55. The van der Waals surface area contributed by atoms with Crippen molar-refractivity contribution in [2.24, 2.45) is 5.73 Å². The summed E-state index contributed by atoms with van der Waals surface area (Å²) in [6.07, 6.45) is 3.11. The van der Waals surface area contributed by atoms with Gasteiger partial charge in [-0.15, -0.1) is 12.4 Å². The van der Waals surface area contributed by atoms with Gasteiger partial charge in [-0.25, -0.2) is 4.39 Å². The van der Waals surface area contributed by atoms with Gasteiger partial charge in [-0.1, -0.05) is 25.5 Å². The van der Waals surface area contributed by atoms with E-state index < -0.39 is 5.54 Å². The van der Waals surface area contributed by atoms with Crippen LogP contribution in [0.25, 0.3) is 11.3 Å². The maximum Gasteiger partial charge on any atom is 0.242 e. The van der Waals surface area contributed by atoms with Crippen molar-refractivity contribution in [3.63, 3.8) is 0 Å². The maximum absolute atomic E-state index is 13.3. The topological polar surface area (TPSA) is 75.0 Å². The molecule has 5 nitrogen and oxygen atoms in total. The van der Waals surface area contributed by atoms with Crippen molar-refractivity contribution in [2.45, 2.75) is 45.1 Å². The molecule has 0 aliphatic rings. The number of aromatic amines is 1. The van der Waals surface area contributed by atoms with E-state index in [9.17, 15) is 9.18 Å². The molecule has 0 fully saturated rings. The van der Waals surface area contributed by atoms with Crippen LogP contribution in [0.2, 0.25) is 0 Å². The molecule has 1 unspecified atom stereocenters. The maximum atomic E-state index is 13.3. The van der Waals surface area contributed by atoms with Gasteiger partial charge in [0.2, 0.25) is 5.91 Å². The van der Waals surface area contributed by atoms with Crippen LogP contribution in [-0.4, -0.2) is 40.1 Å². The molecule has 1 atom stereocenters. The first-order valence-electron chi connectivity index (χ1n) is 8.68. The lowest BCUT2D eigenvalue weighted by Crippen LogP contribution is -2.52. The van der Waals surface area contributed by atoms with Crippen LogP contribution in [0.4, 0.5) is 4.39 Å². The van der Waals surface area contributed by atoms with Gasteiger partial charge < -0.3 is 10.6 Å². The van der Waals surface area contributed by atoms with Crippen LogP contribution in [0, 0.1) is 5.82 Å². The van der Waals surface area contributed by atoms with Crippen molar-refractivity contribution in [2.75, 3.05) is 13.6 Å². The second-order valence-electron chi connectivity index (χ2n) is 6.79. The summed E-state index contributed by atoms with van der Waals surface area (Å²) in [5.41, 5.74) is 7.72. The second kappa shape index (κ2) is 9.69. The van der Waals surface area contributed by atoms with Crippen LogP contribution in [0.3, 0.4) is 0 Å². The zero-order valence-electron chi connectivity index (χ0n) is 15.6. The number of amides is 1. The first kappa shape index (κ1) is 22.1. The SMILES string of the molecule is CCCC(C)(N)C(=O)N(C)CCCc1cc(-c2cccc(F)c2)n[nH]1.Cl. The van der Waals surface area contributed by atoms with Crippen LogP contribution in [0.1, 0.15) is 38.8 Å². The molecule has 0 saturated carbocycles. The first-order chi connectivity index (χ1) is 11.8. The van der Waals surface area contributed by atoms with E-state index in [1.165, 1.54) is 12.1 Å². The molecule has 2 aromatic rings. The van der Waals surface area contributed by atoms with Crippen LogP contribution >= 0.6 is 12.4 Å². The fraction of sp³-hybridized carbons (Fsp3) is 0.474. The number of hydrogen-bond donors (Lipinski definition) is 2. The molecule has 3 N–H and O–H groups in total. The Bertz CT molecular complexity index is 717. The molecule has 144 valence electrons. The average Bonchev–Trinajstić information content (AvgIpc) is 3.03. The monoisotopic (exact) mass is 382 g/mol. The molecule has 26 heavy (non-hydrogen) atoms. The van der Waals surface area contributed by atoms with E-state index in [4.69, 9.17) is 5.73 Å². The third kappa shape index (κ3) is 5.81. The van der Waals surface area contributed by atoms with E-state index >= 15 is 0 Å². The third-order valence-corrected chi connectivity index (χ3v) is 4.30. The smallest absolute Gasteiger partial charge is 0.242 e. The molecule has 1 aromatic carbocycles. The number of nitrogens with one attached hydrogen (secondary N) is 1. The van der Waals surface area contributed by atoms with E-state index in [-0.39, 0.29) is 24.1 Å². The molecule has 0 spiro atoms. The number of likely N-dealkylation sites (N-methyl/N-ethyl adjacent to an activating group) is 1. The van der Waals surface area contributed by atoms with Gasteiger partial charge >= 0.3 is 0 Å². The Morgan fingerprint density at radius 3 is 2.77 bits per heavy atom. The summed E-state index contributed by atoms with van der Waals surface area (Å²) in [4.78, 5) is 14.1. The summed E-state index contributed by atoms with van der Waals surface area (Å²) in [5.74, 6) is -0.307. The molecule has 7 heteroatoms. The minimum absolute atomic E-state index is 0. The zero-order valence-corrected chi connectivity index (χ0v) is 16.4. The van der Waals surface area contributed by atoms with Crippen LogP contribution in [-0.2, 0) is 11.2 Å². The molecule has 1 amide bonds. The van der Waals surface area contributed by atoms with Gasteiger partial charge in [-0.05, 0) is 44.4 Å². The van der Waals surface area contributed by atoms with E-state index in [0.29, 0.717) is 13.0 Å². The van der Waals surface area contributed by atoms with E-state index in [1.807, 2.05) is 19.1 Å². The highest BCUT2D eigenvalue weighted by Crippen LogP contribution is 2.19. The van der Waals surface area contributed by atoms with Crippen molar-refractivity contribution in [3.8, 4) is 11.3 Å². The van der Waals surface area contributed by atoms with Gasteiger partial charge in [0.25, 0.3) is 0 Å². The normalized spacial score (nSPS) is 13.0. The van der Waals surface area contributed by atoms with Gasteiger partial charge in [-0.3, -0.25) is 9.89 Å². The molecule has 0 aliphatic carbocycles. The van der Waals surface area contributed by atoms with Crippen LogP contribution in [0.15, 0.2) is 30.3 Å².